The Morgan fingerprint density at radius 1 is 1.14 bits per heavy atom. The zero-order valence-electron chi connectivity index (χ0n) is 16.3. The van der Waals surface area contributed by atoms with Crippen LogP contribution in [0, 0.1) is 0 Å². The number of amides is 1. The summed E-state index contributed by atoms with van der Waals surface area (Å²) in [5.74, 6) is -0.479. The SMILES string of the molecule is CCOc1ccc(-c2cc3ccccn3c2C(=O)C(=O)N[C@@H](C)COC)cc1. The van der Waals surface area contributed by atoms with Gasteiger partial charge in [0.15, 0.2) is 0 Å². The number of carbonyl (C=O) groups is 2. The van der Waals surface area contributed by atoms with E-state index in [0.717, 1.165) is 16.8 Å². The number of aromatic nitrogens is 1. The fourth-order valence-electron chi connectivity index (χ4n) is 3.16. The van der Waals surface area contributed by atoms with Gasteiger partial charge in [-0.25, -0.2) is 0 Å². The summed E-state index contributed by atoms with van der Waals surface area (Å²) in [6.45, 7) is 4.63. The first kappa shape index (κ1) is 19.6. The van der Waals surface area contributed by atoms with E-state index in [0.29, 0.717) is 24.5 Å². The smallest absolute Gasteiger partial charge is 0.294 e. The number of hydrogen-bond donors (Lipinski definition) is 1. The lowest BCUT2D eigenvalue weighted by Crippen LogP contribution is -2.40. The van der Waals surface area contributed by atoms with Gasteiger partial charge in [0.05, 0.1) is 13.2 Å². The van der Waals surface area contributed by atoms with E-state index in [1.165, 1.54) is 0 Å². The van der Waals surface area contributed by atoms with Crippen molar-refractivity contribution in [1.82, 2.24) is 9.72 Å². The molecule has 3 rings (SSSR count). The molecular weight excluding hydrogens is 356 g/mol. The second-order valence-electron chi connectivity index (χ2n) is 6.52. The molecule has 0 saturated heterocycles. The van der Waals surface area contributed by atoms with Crippen molar-refractivity contribution in [2.45, 2.75) is 19.9 Å². The largest absolute Gasteiger partial charge is 0.494 e. The molecule has 6 heteroatoms. The van der Waals surface area contributed by atoms with Crippen molar-refractivity contribution in [3.63, 3.8) is 0 Å². The summed E-state index contributed by atoms with van der Waals surface area (Å²) >= 11 is 0. The highest BCUT2D eigenvalue weighted by Gasteiger charge is 2.25. The Hall–Kier alpha value is -3.12. The van der Waals surface area contributed by atoms with Crippen molar-refractivity contribution in [2.24, 2.45) is 0 Å². The molecule has 3 aromatic rings. The number of Topliss-reactive ketones (excluding diaryl/α,β-unsaturated/α-hetero) is 1. The molecule has 0 unspecified atom stereocenters. The minimum atomic E-state index is -0.652. The Labute approximate surface area is 164 Å². The molecule has 1 N–H and O–H groups in total. The van der Waals surface area contributed by atoms with E-state index in [-0.39, 0.29) is 6.04 Å². The number of ether oxygens (including phenoxy) is 2. The summed E-state index contributed by atoms with van der Waals surface area (Å²) in [5, 5.41) is 2.69. The molecule has 0 spiro atoms. The van der Waals surface area contributed by atoms with Gasteiger partial charge < -0.3 is 19.2 Å². The molecule has 0 fully saturated rings. The molecular formula is C22H24N2O4. The van der Waals surface area contributed by atoms with E-state index < -0.39 is 11.7 Å². The normalized spacial score (nSPS) is 12.0. The third kappa shape index (κ3) is 4.07. The van der Waals surface area contributed by atoms with Crippen LogP contribution < -0.4 is 10.1 Å². The number of benzene rings is 1. The average Bonchev–Trinajstić information content (AvgIpc) is 3.07. The van der Waals surface area contributed by atoms with Crippen molar-refractivity contribution in [1.29, 1.82) is 0 Å². The zero-order chi connectivity index (χ0) is 20.1. The van der Waals surface area contributed by atoms with Crippen LogP contribution in [-0.4, -0.2) is 42.5 Å². The second kappa shape index (κ2) is 8.71. The van der Waals surface area contributed by atoms with E-state index >= 15 is 0 Å². The Morgan fingerprint density at radius 3 is 2.57 bits per heavy atom. The van der Waals surface area contributed by atoms with Crippen LogP contribution >= 0.6 is 0 Å². The standard InChI is InChI=1S/C22H24N2O4/c1-4-28-18-10-8-16(9-11-18)19-13-17-7-5-6-12-24(17)20(19)21(25)22(26)23-15(2)14-27-3/h5-13,15H,4,14H2,1-3H3,(H,23,26)/t15-/m0/s1. The number of ketones is 1. The summed E-state index contributed by atoms with van der Waals surface area (Å²) in [6, 6.07) is 14.8. The molecule has 1 atom stereocenters. The van der Waals surface area contributed by atoms with Gasteiger partial charge in [0, 0.05) is 30.4 Å². The zero-order valence-corrected chi connectivity index (χ0v) is 16.3. The highest BCUT2D eigenvalue weighted by molar-refractivity contribution is 6.43. The first-order chi connectivity index (χ1) is 13.5. The quantitative estimate of drug-likeness (QED) is 0.481. The van der Waals surface area contributed by atoms with Crippen molar-refractivity contribution in [3.05, 3.63) is 60.4 Å². The Morgan fingerprint density at radius 2 is 1.89 bits per heavy atom. The molecule has 2 aromatic heterocycles. The molecule has 1 aromatic carbocycles. The highest BCUT2D eigenvalue weighted by Crippen LogP contribution is 2.29. The van der Waals surface area contributed by atoms with Gasteiger partial charge >= 0.3 is 0 Å². The van der Waals surface area contributed by atoms with Gasteiger partial charge in [-0.15, -0.1) is 0 Å². The molecule has 0 aliphatic rings. The Kier molecular flexibility index (Phi) is 6.11. The fraction of sp³-hybridized carbons (Fsp3) is 0.273. The summed E-state index contributed by atoms with van der Waals surface area (Å²) in [4.78, 5) is 25.6. The molecule has 0 aliphatic carbocycles. The topological polar surface area (TPSA) is 69.0 Å². The molecule has 1 amide bonds. The van der Waals surface area contributed by atoms with Gasteiger partial charge in [0.2, 0.25) is 0 Å². The lowest BCUT2D eigenvalue weighted by molar-refractivity contribution is -0.117. The third-order valence-corrected chi connectivity index (χ3v) is 4.37. The maximum absolute atomic E-state index is 13.0. The van der Waals surface area contributed by atoms with Gasteiger partial charge in [0.25, 0.3) is 11.7 Å². The van der Waals surface area contributed by atoms with Crippen LogP contribution in [0.1, 0.15) is 24.3 Å². The van der Waals surface area contributed by atoms with E-state index in [4.69, 9.17) is 9.47 Å². The van der Waals surface area contributed by atoms with Crippen LogP contribution in [0.15, 0.2) is 54.7 Å². The Balaban J connectivity index is 2.02. The molecule has 6 nitrogen and oxygen atoms in total. The maximum atomic E-state index is 13.0. The van der Waals surface area contributed by atoms with Crippen molar-refractivity contribution in [2.75, 3.05) is 20.3 Å². The van der Waals surface area contributed by atoms with Crippen molar-refractivity contribution < 1.29 is 19.1 Å². The van der Waals surface area contributed by atoms with E-state index in [2.05, 4.69) is 5.32 Å². The summed E-state index contributed by atoms with van der Waals surface area (Å²) in [6.07, 6.45) is 1.78. The van der Waals surface area contributed by atoms with E-state index in [1.54, 1.807) is 24.6 Å². The average molecular weight is 380 g/mol. The van der Waals surface area contributed by atoms with Gasteiger partial charge in [-0.3, -0.25) is 9.59 Å². The molecule has 0 bridgehead atoms. The van der Waals surface area contributed by atoms with Crippen molar-refractivity contribution in [3.8, 4) is 16.9 Å². The predicted octanol–water partition coefficient (Wildman–Crippen LogP) is 3.34. The van der Waals surface area contributed by atoms with Crippen LogP contribution in [0.2, 0.25) is 0 Å². The first-order valence-electron chi connectivity index (χ1n) is 9.22. The highest BCUT2D eigenvalue weighted by atomic mass is 16.5. The number of fused-ring (bicyclic) bond motifs is 1. The van der Waals surface area contributed by atoms with Crippen LogP contribution in [0.4, 0.5) is 0 Å². The first-order valence-corrected chi connectivity index (χ1v) is 9.22. The molecule has 0 saturated carbocycles. The van der Waals surface area contributed by atoms with E-state index in [1.807, 2.05) is 55.5 Å². The predicted molar refractivity (Wildman–Crippen MR) is 108 cm³/mol. The number of nitrogens with zero attached hydrogens (tertiary/aromatic N) is 1. The van der Waals surface area contributed by atoms with Crippen LogP contribution in [0.3, 0.4) is 0 Å². The van der Waals surface area contributed by atoms with Crippen LogP contribution in [-0.2, 0) is 9.53 Å². The molecule has 146 valence electrons. The molecule has 0 aliphatic heterocycles. The second-order valence-corrected chi connectivity index (χ2v) is 6.52. The maximum Gasteiger partial charge on any atom is 0.294 e. The van der Waals surface area contributed by atoms with Crippen LogP contribution in [0.5, 0.6) is 5.75 Å². The number of rotatable bonds is 8. The minimum absolute atomic E-state index is 0.262. The minimum Gasteiger partial charge on any atom is -0.494 e. The number of carbonyl (C=O) groups excluding carboxylic acids is 2. The molecule has 0 radical (unpaired) electrons. The van der Waals surface area contributed by atoms with Crippen LogP contribution in [0.25, 0.3) is 16.6 Å². The number of pyridine rings is 1. The summed E-state index contributed by atoms with van der Waals surface area (Å²) in [5.41, 5.74) is 2.72. The molecule has 2 heterocycles. The lowest BCUT2D eigenvalue weighted by atomic mass is 10.0. The summed E-state index contributed by atoms with van der Waals surface area (Å²) in [7, 11) is 1.55. The van der Waals surface area contributed by atoms with Gasteiger partial charge in [-0.2, -0.15) is 0 Å². The van der Waals surface area contributed by atoms with Gasteiger partial charge in [-0.05, 0) is 49.7 Å². The van der Waals surface area contributed by atoms with E-state index in [9.17, 15) is 9.59 Å². The third-order valence-electron chi connectivity index (χ3n) is 4.37. The lowest BCUT2D eigenvalue weighted by Gasteiger charge is -2.13. The summed E-state index contributed by atoms with van der Waals surface area (Å²) < 4.78 is 12.3. The monoisotopic (exact) mass is 380 g/mol. The number of methoxy groups -OCH3 is 1. The fourth-order valence-corrected chi connectivity index (χ4v) is 3.16. The number of nitrogens with one attached hydrogen (secondary N) is 1. The Bertz CT molecular complexity index is 976. The molecule has 28 heavy (non-hydrogen) atoms. The van der Waals surface area contributed by atoms with Gasteiger partial charge in [-0.1, -0.05) is 18.2 Å². The van der Waals surface area contributed by atoms with Gasteiger partial charge in [0.1, 0.15) is 11.4 Å². The number of hydrogen-bond acceptors (Lipinski definition) is 4. The van der Waals surface area contributed by atoms with Crippen molar-refractivity contribution >= 4 is 17.2 Å².